The Balaban J connectivity index is 1.71. The van der Waals surface area contributed by atoms with E-state index >= 15 is 0 Å². The fraction of sp³-hybridized carbons (Fsp3) is 0.389. The second kappa shape index (κ2) is 5.70. The zero-order valence-electron chi connectivity index (χ0n) is 13.5. The second-order valence-corrected chi connectivity index (χ2v) is 7.37. The maximum Gasteiger partial charge on any atom is 0.273 e. The zero-order valence-corrected chi connectivity index (χ0v) is 14.3. The van der Waals surface area contributed by atoms with E-state index in [1.54, 1.807) is 15.8 Å². The molecule has 0 aliphatic carbocycles. The van der Waals surface area contributed by atoms with Crippen molar-refractivity contribution in [3.8, 4) is 0 Å². The summed E-state index contributed by atoms with van der Waals surface area (Å²) in [6.07, 6.45) is 0.794. The highest BCUT2D eigenvalue weighted by Gasteiger charge is 2.57. The molecule has 4 rings (SSSR count). The van der Waals surface area contributed by atoms with Crippen molar-refractivity contribution < 1.29 is 9.59 Å². The van der Waals surface area contributed by atoms with E-state index in [0.717, 1.165) is 18.5 Å². The van der Waals surface area contributed by atoms with Gasteiger partial charge in [0.25, 0.3) is 5.91 Å². The summed E-state index contributed by atoms with van der Waals surface area (Å²) >= 11 is 1.41. The van der Waals surface area contributed by atoms with E-state index in [0.29, 0.717) is 18.8 Å². The summed E-state index contributed by atoms with van der Waals surface area (Å²) in [5, 5.41) is 1.77. The first-order valence-electron chi connectivity index (χ1n) is 8.10. The van der Waals surface area contributed by atoms with Gasteiger partial charge in [0.05, 0.1) is 10.9 Å². The third-order valence-corrected chi connectivity index (χ3v) is 5.94. The predicted octanol–water partition coefficient (Wildman–Crippen LogP) is 2.23. The zero-order chi connectivity index (χ0) is 16.7. The number of carbonyl (C=O) groups excluding carboxylic acids is 2. The molecule has 124 valence electrons. The molecule has 1 aromatic heterocycles. The van der Waals surface area contributed by atoms with Crippen LogP contribution in [0.1, 0.15) is 28.4 Å². The molecular formula is C18H19N3O2S. The van der Waals surface area contributed by atoms with Crippen molar-refractivity contribution in [2.75, 3.05) is 26.7 Å². The third-order valence-electron chi connectivity index (χ3n) is 5.35. The van der Waals surface area contributed by atoms with Crippen LogP contribution < -0.4 is 0 Å². The molecule has 5 nitrogen and oxygen atoms in total. The molecule has 0 bridgehead atoms. The van der Waals surface area contributed by atoms with E-state index in [1.165, 1.54) is 11.3 Å². The standard InChI is InChI=1S/C18H19N3O2S/c1-20-8-7-18(17(20)23)11-21(16(22)15-10-24-12-19-15)9-14(18)13-5-3-2-4-6-13/h2-6,10,12,14H,7-9,11H2,1H3/t14-,18+/m0/s1. The molecule has 2 fully saturated rings. The Bertz CT molecular complexity index is 762. The minimum atomic E-state index is -0.498. The third kappa shape index (κ3) is 2.24. The van der Waals surface area contributed by atoms with Gasteiger partial charge in [0.15, 0.2) is 0 Å². The molecule has 0 N–H and O–H groups in total. The van der Waals surface area contributed by atoms with Crippen molar-refractivity contribution in [2.45, 2.75) is 12.3 Å². The fourth-order valence-corrected chi connectivity index (χ4v) is 4.61. The smallest absolute Gasteiger partial charge is 0.273 e. The Morgan fingerprint density at radius 1 is 1.33 bits per heavy atom. The summed E-state index contributed by atoms with van der Waals surface area (Å²) in [5.41, 5.74) is 2.78. The molecule has 2 aromatic rings. The number of thiazole rings is 1. The molecule has 2 amide bonds. The van der Waals surface area contributed by atoms with E-state index < -0.39 is 5.41 Å². The predicted molar refractivity (Wildman–Crippen MR) is 91.9 cm³/mol. The Labute approximate surface area is 144 Å². The average molecular weight is 341 g/mol. The highest BCUT2D eigenvalue weighted by Crippen LogP contribution is 2.49. The Kier molecular flexibility index (Phi) is 3.64. The lowest BCUT2D eigenvalue weighted by atomic mass is 9.73. The van der Waals surface area contributed by atoms with Crippen LogP contribution in [0.5, 0.6) is 0 Å². The number of carbonyl (C=O) groups is 2. The summed E-state index contributed by atoms with van der Waals surface area (Å²) in [7, 11) is 1.85. The van der Waals surface area contributed by atoms with Gasteiger partial charge in [0.2, 0.25) is 5.91 Å². The maximum absolute atomic E-state index is 12.9. The number of nitrogens with zero attached hydrogens (tertiary/aromatic N) is 3. The first-order valence-corrected chi connectivity index (χ1v) is 9.04. The number of rotatable bonds is 2. The van der Waals surface area contributed by atoms with Gasteiger partial charge >= 0.3 is 0 Å². The van der Waals surface area contributed by atoms with Crippen molar-refractivity contribution in [3.63, 3.8) is 0 Å². The van der Waals surface area contributed by atoms with Gasteiger partial charge in [-0.25, -0.2) is 4.98 Å². The molecular weight excluding hydrogens is 322 g/mol. The van der Waals surface area contributed by atoms with Crippen LogP contribution in [0, 0.1) is 5.41 Å². The van der Waals surface area contributed by atoms with Crippen molar-refractivity contribution >= 4 is 23.2 Å². The molecule has 1 spiro atoms. The van der Waals surface area contributed by atoms with Crippen molar-refractivity contribution in [2.24, 2.45) is 5.41 Å². The van der Waals surface area contributed by atoms with Crippen molar-refractivity contribution in [1.29, 1.82) is 0 Å². The quantitative estimate of drug-likeness (QED) is 0.842. The van der Waals surface area contributed by atoms with Gasteiger partial charge in [-0.3, -0.25) is 9.59 Å². The van der Waals surface area contributed by atoms with Gasteiger partial charge in [0, 0.05) is 38.0 Å². The lowest BCUT2D eigenvalue weighted by Crippen LogP contribution is -2.39. The monoisotopic (exact) mass is 341 g/mol. The van der Waals surface area contributed by atoms with Crippen LogP contribution in [-0.2, 0) is 4.79 Å². The van der Waals surface area contributed by atoms with Gasteiger partial charge in [-0.2, -0.15) is 0 Å². The first-order chi connectivity index (χ1) is 11.6. The minimum absolute atomic E-state index is 0.0405. The van der Waals surface area contributed by atoms with Gasteiger partial charge in [-0.15, -0.1) is 11.3 Å². The van der Waals surface area contributed by atoms with E-state index in [2.05, 4.69) is 17.1 Å². The molecule has 0 radical (unpaired) electrons. The first kappa shape index (κ1) is 15.3. The van der Waals surface area contributed by atoms with Crippen LogP contribution in [0.15, 0.2) is 41.2 Å². The summed E-state index contributed by atoms with van der Waals surface area (Å²) in [6.45, 7) is 1.80. The molecule has 6 heteroatoms. The number of hydrogen-bond donors (Lipinski definition) is 0. The maximum atomic E-state index is 12.9. The Morgan fingerprint density at radius 2 is 2.12 bits per heavy atom. The molecule has 2 aliphatic heterocycles. The highest BCUT2D eigenvalue weighted by atomic mass is 32.1. The molecule has 2 aliphatic rings. The van der Waals surface area contributed by atoms with E-state index in [9.17, 15) is 9.59 Å². The molecule has 2 atom stereocenters. The van der Waals surface area contributed by atoms with Crippen LogP contribution in [0.4, 0.5) is 0 Å². The van der Waals surface area contributed by atoms with Gasteiger partial charge in [-0.1, -0.05) is 30.3 Å². The topological polar surface area (TPSA) is 53.5 Å². The van der Waals surface area contributed by atoms with Gasteiger partial charge < -0.3 is 9.80 Å². The van der Waals surface area contributed by atoms with Crippen LogP contribution >= 0.6 is 11.3 Å². The van der Waals surface area contributed by atoms with Gasteiger partial charge in [0.1, 0.15) is 5.69 Å². The molecule has 0 unspecified atom stereocenters. The molecule has 2 saturated heterocycles. The summed E-state index contributed by atoms with van der Waals surface area (Å²) in [4.78, 5) is 33.4. The largest absolute Gasteiger partial charge is 0.345 e. The summed E-state index contributed by atoms with van der Waals surface area (Å²) in [5.74, 6) is 0.125. The summed E-state index contributed by atoms with van der Waals surface area (Å²) < 4.78 is 0. The lowest BCUT2D eigenvalue weighted by Gasteiger charge is -2.28. The Morgan fingerprint density at radius 3 is 2.75 bits per heavy atom. The average Bonchev–Trinajstić information content (AvgIpc) is 3.33. The fourth-order valence-electron chi connectivity index (χ4n) is 4.08. The SMILES string of the molecule is CN1CC[C@]2(CN(C(=O)c3cscn3)C[C@H]2c2ccccc2)C1=O. The van der Waals surface area contributed by atoms with Crippen molar-refractivity contribution in [1.82, 2.24) is 14.8 Å². The molecule has 24 heavy (non-hydrogen) atoms. The number of amides is 2. The minimum Gasteiger partial charge on any atom is -0.345 e. The second-order valence-electron chi connectivity index (χ2n) is 6.66. The molecule has 0 saturated carbocycles. The number of hydrogen-bond acceptors (Lipinski definition) is 4. The number of benzene rings is 1. The van der Waals surface area contributed by atoms with Gasteiger partial charge in [-0.05, 0) is 12.0 Å². The normalized spacial score (nSPS) is 26.5. The van der Waals surface area contributed by atoms with Crippen LogP contribution in [0.25, 0.3) is 0 Å². The van der Waals surface area contributed by atoms with Crippen LogP contribution in [0.3, 0.4) is 0 Å². The Hall–Kier alpha value is -2.21. The number of aromatic nitrogens is 1. The van der Waals surface area contributed by atoms with Crippen molar-refractivity contribution in [3.05, 3.63) is 52.5 Å². The lowest BCUT2D eigenvalue weighted by molar-refractivity contribution is -0.134. The summed E-state index contributed by atoms with van der Waals surface area (Å²) in [6, 6.07) is 10.1. The molecule has 3 heterocycles. The van der Waals surface area contributed by atoms with E-state index in [-0.39, 0.29) is 17.7 Å². The van der Waals surface area contributed by atoms with E-state index in [4.69, 9.17) is 0 Å². The van der Waals surface area contributed by atoms with Crippen LogP contribution in [0.2, 0.25) is 0 Å². The highest BCUT2D eigenvalue weighted by molar-refractivity contribution is 7.07. The van der Waals surface area contributed by atoms with Crippen LogP contribution in [-0.4, -0.2) is 53.3 Å². The molecule has 1 aromatic carbocycles. The van der Waals surface area contributed by atoms with E-state index in [1.807, 2.05) is 30.1 Å². The number of likely N-dealkylation sites (tertiary alicyclic amines) is 2.